The minimum absolute atomic E-state index is 0.185. The molecule has 1 N–H and O–H groups in total. The van der Waals surface area contributed by atoms with Crippen LogP contribution in [0.1, 0.15) is 64.2 Å². The second-order valence-corrected chi connectivity index (χ2v) is 5.82. The zero-order valence-corrected chi connectivity index (χ0v) is 15.9. The van der Waals surface area contributed by atoms with E-state index in [0.29, 0.717) is 18.1 Å². The molecule has 0 aromatic heterocycles. The zero-order chi connectivity index (χ0) is 18.5. The smallest absolute Gasteiger partial charge is 0.335 e. The Labute approximate surface area is 146 Å². The minimum Gasteiger partial charge on any atom is -0.493 e. The Hall–Kier alpha value is -1.97. The van der Waals surface area contributed by atoms with Crippen molar-refractivity contribution in [2.75, 3.05) is 13.7 Å². The fourth-order valence-corrected chi connectivity index (χ4v) is 2.08. The van der Waals surface area contributed by atoms with Crippen LogP contribution in [-0.4, -0.2) is 24.8 Å². The molecule has 0 amide bonds. The molecule has 136 valence electrons. The van der Waals surface area contributed by atoms with Gasteiger partial charge in [0.1, 0.15) is 6.61 Å². The summed E-state index contributed by atoms with van der Waals surface area (Å²) in [5.74, 6) is 0.747. The van der Waals surface area contributed by atoms with Gasteiger partial charge in [-0.1, -0.05) is 39.7 Å². The van der Waals surface area contributed by atoms with Gasteiger partial charge in [0, 0.05) is 0 Å². The summed E-state index contributed by atoms with van der Waals surface area (Å²) in [7, 11) is 1.50. The van der Waals surface area contributed by atoms with Crippen molar-refractivity contribution in [1.82, 2.24) is 0 Å². The predicted octanol–water partition coefficient (Wildman–Crippen LogP) is 5.57. The number of methoxy groups -OCH3 is 1. The Bertz CT molecular complexity index is 518. The van der Waals surface area contributed by atoms with E-state index in [1.807, 2.05) is 13.8 Å². The highest BCUT2D eigenvalue weighted by atomic mass is 16.5. The summed E-state index contributed by atoms with van der Waals surface area (Å²) in [5, 5.41) is 8.96. The average molecular weight is 336 g/mol. The van der Waals surface area contributed by atoms with Gasteiger partial charge < -0.3 is 14.6 Å². The molecule has 0 radical (unpaired) electrons. The van der Waals surface area contributed by atoms with Crippen molar-refractivity contribution in [2.45, 2.75) is 53.9 Å². The van der Waals surface area contributed by atoms with E-state index < -0.39 is 5.97 Å². The molecule has 0 fully saturated rings. The molecule has 0 atom stereocenters. The maximum absolute atomic E-state index is 10.9. The topological polar surface area (TPSA) is 55.8 Å². The number of aromatic carboxylic acids is 1. The van der Waals surface area contributed by atoms with Crippen molar-refractivity contribution in [3.63, 3.8) is 0 Å². The fraction of sp³-hybridized carbons (Fsp3) is 0.550. The van der Waals surface area contributed by atoms with Crippen molar-refractivity contribution >= 4 is 5.97 Å². The van der Waals surface area contributed by atoms with E-state index in [4.69, 9.17) is 14.6 Å². The number of carbonyl (C=O) groups is 1. The second kappa shape index (κ2) is 12.5. The first-order valence-electron chi connectivity index (χ1n) is 8.63. The number of rotatable bonds is 9. The van der Waals surface area contributed by atoms with Crippen molar-refractivity contribution < 1.29 is 19.4 Å². The first kappa shape index (κ1) is 22.0. The van der Waals surface area contributed by atoms with Gasteiger partial charge in [-0.2, -0.15) is 0 Å². The molecule has 1 aromatic rings. The summed E-state index contributed by atoms with van der Waals surface area (Å²) in [4.78, 5) is 10.9. The zero-order valence-electron chi connectivity index (χ0n) is 15.9. The summed E-state index contributed by atoms with van der Waals surface area (Å²) < 4.78 is 10.8. The summed E-state index contributed by atoms with van der Waals surface area (Å²) in [6, 6.07) is 4.61. The molecule has 0 saturated carbocycles. The minimum atomic E-state index is -0.981. The molecule has 1 rings (SSSR count). The van der Waals surface area contributed by atoms with Gasteiger partial charge in [0.25, 0.3) is 0 Å². The Balaban J connectivity index is 0.00000254. The van der Waals surface area contributed by atoms with Gasteiger partial charge in [-0.15, -0.1) is 0 Å². The van der Waals surface area contributed by atoms with Gasteiger partial charge in [-0.05, 0) is 50.0 Å². The Morgan fingerprint density at radius 1 is 1.25 bits per heavy atom. The van der Waals surface area contributed by atoms with Crippen LogP contribution in [0.5, 0.6) is 11.5 Å². The molecule has 0 spiro atoms. The molecule has 0 heterocycles. The number of carboxylic acid groups (broad SMARTS) is 1. The number of ether oxygens (including phenoxy) is 2. The van der Waals surface area contributed by atoms with Crippen LogP contribution in [0.4, 0.5) is 0 Å². The number of hydrogen-bond donors (Lipinski definition) is 1. The molecule has 0 aliphatic rings. The molecule has 24 heavy (non-hydrogen) atoms. The van der Waals surface area contributed by atoms with E-state index in [1.54, 1.807) is 6.07 Å². The van der Waals surface area contributed by atoms with Crippen LogP contribution in [0, 0.1) is 5.92 Å². The summed E-state index contributed by atoms with van der Waals surface area (Å²) >= 11 is 0. The average Bonchev–Trinajstić information content (AvgIpc) is 2.56. The van der Waals surface area contributed by atoms with Gasteiger partial charge in [-0.25, -0.2) is 4.79 Å². The molecular formula is C20H32O4. The standard InChI is InChI=1S/C18H26O4.C2H6/c1-13(2)6-5-7-14(3)10-11-22-16-9-8-15(18(19)20)12-17(16)21-4;1-2/h8-10,12-13H,5-7,11H2,1-4H3,(H,19,20);1-2H3/b14-10+;. The van der Waals surface area contributed by atoms with Crippen molar-refractivity contribution in [3.8, 4) is 11.5 Å². The quantitative estimate of drug-likeness (QED) is 0.599. The summed E-state index contributed by atoms with van der Waals surface area (Å²) in [5.41, 5.74) is 1.49. The van der Waals surface area contributed by atoms with Gasteiger partial charge in [0.15, 0.2) is 11.5 Å². The van der Waals surface area contributed by atoms with Gasteiger partial charge in [0.05, 0.1) is 12.7 Å². The van der Waals surface area contributed by atoms with Crippen molar-refractivity contribution in [3.05, 3.63) is 35.4 Å². The molecule has 0 unspecified atom stereocenters. The van der Waals surface area contributed by atoms with Crippen LogP contribution in [0.15, 0.2) is 29.8 Å². The van der Waals surface area contributed by atoms with Crippen LogP contribution in [0.2, 0.25) is 0 Å². The number of benzene rings is 1. The molecule has 0 saturated heterocycles. The second-order valence-electron chi connectivity index (χ2n) is 5.82. The lowest BCUT2D eigenvalue weighted by atomic mass is 10.0. The van der Waals surface area contributed by atoms with Gasteiger partial charge in [0.2, 0.25) is 0 Å². The third-order valence-corrected chi connectivity index (χ3v) is 3.43. The number of hydrogen-bond acceptors (Lipinski definition) is 3. The molecule has 0 aliphatic heterocycles. The van der Waals surface area contributed by atoms with E-state index >= 15 is 0 Å². The first-order chi connectivity index (χ1) is 11.4. The van der Waals surface area contributed by atoms with Crippen molar-refractivity contribution in [2.24, 2.45) is 5.92 Å². The van der Waals surface area contributed by atoms with E-state index in [0.717, 1.165) is 12.3 Å². The lowest BCUT2D eigenvalue weighted by molar-refractivity contribution is 0.0696. The Kier molecular flexibility index (Phi) is 11.4. The van der Waals surface area contributed by atoms with Crippen LogP contribution in [-0.2, 0) is 0 Å². The number of carboxylic acids is 1. The maximum atomic E-state index is 10.9. The van der Waals surface area contributed by atoms with Crippen LogP contribution in [0.3, 0.4) is 0 Å². The van der Waals surface area contributed by atoms with Gasteiger partial charge >= 0.3 is 5.97 Å². The maximum Gasteiger partial charge on any atom is 0.335 e. The monoisotopic (exact) mass is 336 g/mol. The summed E-state index contributed by atoms with van der Waals surface area (Å²) in [6.45, 7) is 11.0. The van der Waals surface area contributed by atoms with E-state index in [1.165, 1.54) is 37.7 Å². The highest BCUT2D eigenvalue weighted by molar-refractivity contribution is 5.88. The lowest BCUT2D eigenvalue weighted by Gasteiger charge is -2.10. The SMILES string of the molecule is CC.COc1cc(C(=O)O)ccc1OC/C=C(\C)CCCC(C)C. The van der Waals surface area contributed by atoms with Gasteiger partial charge in [-0.3, -0.25) is 0 Å². The summed E-state index contributed by atoms with van der Waals surface area (Å²) in [6.07, 6.45) is 5.56. The van der Waals surface area contributed by atoms with Crippen molar-refractivity contribution in [1.29, 1.82) is 0 Å². The van der Waals surface area contributed by atoms with Crippen LogP contribution >= 0.6 is 0 Å². The highest BCUT2D eigenvalue weighted by Crippen LogP contribution is 2.28. The number of allylic oxidation sites excluding steroid dienone is 1. The lowest BCUT2D eigenvalue weighted by Crippen LogP contribution is -2.01. The Morgan fingerprint density at radius 2 is 1.92 bits per heavy atom. The molecule has 0 bridgehead atoms. The molecule has 0 aliphatic carbocycles. The van der Waals surface area contributed by atoms with E-state index in [2.05, 4.69) is 26.8 Å². The highest BCUT2D eigenvalue weighted by Gasteiger charge is 2.09. The largest absolute Gasteiger partial charge is 0.493 e. The third-order valence-electron chi connectivity index (χ3n) is 3.43. The fourth-order valence-electron chi connectivity index (χ4n) is 2.08. The molecule has 4 heteroatoms. The van der Waals surface area contributed by atoms with Crippen LogP contribution < -0.4 is 9.47 Å². The molecule has 1 aromatic carbocycles. The Morgan fingerprint density at radius 3 is 2.46 bits per heavy atom. The molecule has 4 nitrogen and oxygen atoms in total. The van der Waals surface area contributed by atoms with E-state index in [9.17, 15) is 4.79 Å². The third kappa shape index (κ3) is 8.61. The van der Waals surface area contributed by atoms with E-state index in [-0.39, 0.29) is 5.56 Å². The predicted molar refractivity (Wildman–Crippen MR) is 99.2 cm³/mol. The normalized spacial score (nSPS) is 10.9. The molecular weight excluding hydrogens is 304 g/mol. The van der Waals surface area contributed by atoms with Crippen LogP contribution in [0.25, 0.3) is 0 Å². The first-order valence-corrected chi connectivity index (χ1v) is 8.63.